The summed E-state index contributed by atoms with van der Waals surface area (Å²) in [6, 6.07) is 2.48. The number of rotatable bonds is 7. The molecule has 2 N–H and O–H groups in total. The van der Waals surface area contributed by atoms with Crippen LogP contribution in [0.5, 0.6) is 0 Å². The number of methoxy groups -OCH3 is 1. The predicted octanol–water partition coefficient (Wildman–Crippen LogP) is 2.10. The van der Waals surface area contributed by atoms with Crippen molar-refractivity contribution in [2.24, 2.45) is 0 Å². The van der Waals surface area contributed by atoms with Crippen LogP contribution in [0.4, 0.5) is 0 Å². The molecule has 92 valence electrons. The number of aliphatic hydroxyl groups is 1. The Bertz CT molecular complexity index is 301. The van der Waals surface area contributed by atoms with Gasteiger partial charge in [-0.1, -0.05) is 0 Å². The molecule has 1 aromatic rings. The maximum absolute atomic E-state index is 9.41. The van der Waals surface area contributed by atoms with Crippen molar-refractivity contribution in [2.45, 2.75) is 32.4 Å². The fraction of sp³-hybridized carbons (Fsp3) is 0.667. The number of aryl methyl sites for hydroxylation is 1. The Morgan fingerprint density at radius 2 is 2.31 bits per heavy atom. The van der Waals surface area contributed by atoms with Gasteiger partial charge in [-0.05, 0) is 37.3 Å². The average Bonchev–Trinajstić information content (AvgIpc) is 2.69. The van der Waals surface area contributed by atoms with E-state index in [0.29, 0.717) is 6.04 Å². The Morgan fingerprint density at radius 1 is 1.56 bits per heavy atom. The van der Waals surface area contributed by atoms with Gasteiger partial charge in [-0.15, -0.1) is 11.3 Å². The first kappa shape index (κ1) is 13.6. The van der Waals surface area contributed by atoms with E-state index in [4.69, 9.17) is 4.74 Å². The normalized spacial score (nSPS) is 15.0. The zero-order valence-electron chi connectivity index (χ0n) is 10.2. The van der Waals surface area contributed by atoms with Gasteiger partial charge in [0.1, 0.15) is 0 Å². The summed E-state index contributed by atoms with van der Waals surface area (Å²) in [4.78, 5) is 1.23. The summed E-state index contributed by atoms with van der Waals surface area (Å²) in [5.41, 5.74) is 1.25. The standard InChI is InChI=1S/C12H21NO2S/c1-9-5-7-16-12(9)11(8-14)13-10(2)4-6-15-3/h5,7,10-11,13-14H,4,6,8H2,1-3H3. The van der Waals surface area contributed by atoms with Gasteiger partial charge in [0.25, 0.3) is 0 Å². The molecular weight excluding hydrogens is 222 g/mol. The molecule has 0 aliphatic rings. The predicted molar refractivity (Wildman–Crippen MR) is 68.0 cm³/mol. The Hall–Kier alpha value is -0.420. The van der Waals surface area contributed by atoms with Gasteiger partial charge in [-0.3, -0.25) is 0 Å². The highest BCUT2D eigenvalue weighted by Crippen LogP contribution is 2.24. The molecule has 0 amide bonds. The quantitative estimate of drug-likeness (QED) is 0.770. The maximum Gasteiger partial charge on any atom is 0.0654 e. The second kappa shape index (κ2) is 7.01. The van der Waals surface area contributed by atoms with Crippen molar-refractivity contribution in [3.63, 3.8) is 0 Å². The highest BCUT2D eigenvalue weighted by molar-refractivity contribution is 7.10. The summed E-state index contributed by atoms with van der Waals surface area (Å²) in [6.07, 6.45) is 0.956. The highest BCUT2D eigenvalue weighted by Gasteiger charge is 2.16. The van der Waals surface area contributed by atoms with Gasteiger partial charge in [0, 0.05) is 24.6 Å². The second-order valence-corrected chi connectivity index (χ2v) is 5.00. The molecule has 0 aromatic carbocycles. The van der Waals surface area contributed by atoms with Crippen molar-refractivity contribution >= 4 is 11.3 Å². The monoisotopic (exact) mass is 243 g/mol. The lowest BCUT2D eigenvalue weighted by molar-refractivity contribution is 0.175. The summed E-state index contributed by atoms with van der Waals surface area (Å²) < 4.78 is 5.04. The number of ether oxygens (including phenoxy) is 1. The molecule has 16 heavy (non-hydrogen) atoms. The summed E-state index contributed by atoms with van der Waals surface area (Å²) in [5.74, 6) is 0. The molecule has 4 heteroatoms. The number of thiophene rings is 1. The van der Waals surface area contributed by atoms with Crippen LogP contribution in [0.2, 0.25) is 0 Å². The number of aliphatic hydroxyl groups excluding tert-OH is 1. The van der Waals surface area contributed by atoms with Crippen LogP contribution in [0.15, 0.2) is 11.4 Å². The minimum absolute atomic E-state index is 0.0480. The number of nitrogens with one attached hydrogen (secondary N) is 1. The van der Waals surface area contributed by atoms with Crippen molar-refractivity contribution in [2.75, 3.05) is 20.3 Å². The Balaban J connectivity index is 2.52. The van der Waals surface area contributed by atoms with E-state index in [1.165, 1.54) is 10.4 Å². The van der Waals surface area contributed by atoms with Crippen molar-refractivity contribution < 1.29 is 9.84 Å². The van der Waals surface area contributed by atoms with Crippen molar-refractivity contribution in [3.05, 3.63) is 21.9 Å². The summed E-state index contributed by atoms with van der Waals surface area (Å²) in [7, 11) is 1.71. The SMILES string of the molecule is COCCC(C)NC(CO)c1sccc1C. The van der Waals surface area contributed by atoms with E-state index in [1.54, 1.807) is 18.4 Å². The Morgan fingerprint density at radius 3 is 2.81 bits per heavy atom. The molecule has 1 rings (SSSR count). The molecule has 0 radical (unpaired) electrons. The van der Waals surface area contributed by atoms with Crippen LogP contribution < -0.4 is 5.32 Å². The molecule has 2 unspecified atom stereocenters. The van der Waals surface area contributed by atoms with Gasteiger partial charge in [0.05, 0.1) is 12.6 Å². The molecular formula is C12H21NO2S. The molecule has 0 bridgehead atoms. The van der Waals surface area contributed by atoms with Gasteiger partial charge in [-0.2, -0.15) is 0 Å². The van der Waals surface area contributed by atoms with Crippen LogP contribution in [0.25, 0.3) is 0 Å². The fourth-order valence-corrected chi connectivity index (χ4v) is 2.65. The van der Waals surface area contributed by atoms with Crippen LogP contribution in [-0.2, 0) is 4.74 Å². The van der Waals surface area contributed by atoms with Gasteiger partial charge in [-0.25, -0.2) is 0 Å². The Kier molecular flexibility index (Phi) is 5.98. The number of hydrogen-bond donors (Lipinski definition) is 2. The topological polar surface area (TPSA) is 41.5 Å². The molecule has 0 aliphatic heterocycles. The van der Waals surface area contributed by atoms with Crippen LogP contribution in [0, 0.1) is 6.92 Å². The second-order valence-electron chi connectivity index (χ2n) is 4.05. The van der Waals surface area contributed by atoms with E-state index in [2.05, 4.69) is 30.6 Å². The van der Waals surface area contributed by atoms with Gasteiger partial charge < -0.3 is 15.2 Å². The highest BCUT2D eigenvalue weighted by atomic mass is 32.1. The average molecular weight is 243 g/mol. The molecule has 1 aromatic heterocycles. The summed E-state index contributed by atoms with van der Waals surface area (Å²) >= 11 is 1.69. The molecule has 0 aliphatic carbocycles. The first-order chi connectivity index (χ1) is 7.69. The molecule has 3 nitrogen and oxygen atoms in total. The first-order valence-corrected chi connectivity index (χ1v) is 6.46. The zero-order valence-corrected chi connectivity index (χ0v) is 11.0. The summed E-state index contributed by atoms with van der Waals surface area (Å²) in [5, 5.41) is 14.9. The van der Waals surface area contributed by atoms with Crippen LogP contribution >= 0.6 is 11.3 Å². The van der Waals surface area contributed by atoms with E-state index in [1.807, 2.05) is 0 Å². The first-order valence-electron chi connectivity index (χ1n) is 5.58. The van der Waals surface area contributed by atoms with Gasteiger partial charge >= 0.3 is 0 Å². The Labute approximate surface area is 101 Å². The third-order valence-corrected chi connectivity index (χ3v) is 3.77. The lowest BCUT2D eigenvalue weighted by atomic mass is 10.1. The van der Waals surface area contributed by atoms with Crippen molar-refractivity contribution in [1.82, 2.24) is 5.32 Å². The molecule has 1 heterocycles. The fourth-order valence-electron chi connectivity index (χ4n) is 1.67. The molecule has 0 spiro atoms. The minimum atomic E-state index is 0.0480. The van der Waals surface area contributed by atoms with Gasteiger partial charge in [0.2, 0.25) is 0 Å². The molecule has 0 saturated carbocycles. The zero-order chi connectivity index (χ0) is 12.0. The van der Waals surface area contributed by atoms with Crippen molar-refractivity contribution in [1.29, 1.82) is 0 Å². The van der Waals surface area contributed by atoms with Gasteiger partial charge in [0.15, 0.2) is 0 Å². The van der Waals surface area contributed by atoms with Crippen LogP contribution in [-0.4, -0.2) is 31.5 Å². The third-order valence-electron chi connectivity index (χ3n) is 2.64. The molecule has 0 fully saturated rings. The van der Waals surface area contributed by atoms with Crippen molar-refractivity contribution in [3.8, 4) is 0 Å². The van der Waals surface area contributed by atoms with Crippen LogP contribution in [0.3, 0.4) is 0 Å². The van der Waals surface area contributed by atoms with E-state index in [-0.39, 0.29) is 12.6 Å². The number of hydrogen-bond acceptors (Lipinski definition) is 4. The van der Waals surface area contributed by atoms with E-state index in [0.717, 1.165) is 13.0 Å². The molecule has 2 atom stereocenters. The smallest absolute Gasteiger partial charge is 0.0654 e. The van der Waals surface area contributed by atoms with E-state index < -0.39 is 0 Å². The van der Waals surface area contributed by atoms with E-state index in [9.17, 15) is 5.11 Å². The minimum Gasteiger partial charge on any atom is -0.394 e. The third kappa shape index (κ3) is 3.87. The largest absolute Gasteiger partial charge is 0.394 e. The lowest BCUT2D eigenvalue weighted by Crippen LogP contribution is -2.33. The van der Waals surface area contributed by atoms with E-state index >= 15 is 0 Å². The maximum atomic E-state index is 9.41. The lowest BCUT2D eigenvalue weighted by Gasteiger charge is -2.21. The summed E-state index contributed by atoms with van der Waals surface area (Å²) in [6.45, 7) is 5.08. The molecule has 0 saturated heterocycles. The van der Waals surface area contributed by atoms with Crippen LogP contribution in [0.1, 0.15) is 29.8 Å².